The second-order valence-electron chi connectivity index (χ2n) is 6.24. The predicted molar refractivity (Wildman–Crippen MR) is 96.2 cm³/mol. The number of rotatable bonds is 5. The third-order valence-corrected chi connectivity index (χ3v) is 4.68. The zero-order chi connectivity index (χ0) is 18.1. The molecule has 1 saturated heterocycles. The highest BCUT2D eigenvalue weighted by atomic mass is 16.7. The molecule has 2 N–H and O–H groups in total. The standard InChI is InChI=1S/C18H22N4O4/c1-19-26-14-6-5-12(9-15(14)24-2)22-11-25-16-10-13(20-17(16)22)18(23)21-7-3-4-8-21/h5-6,9-10,19-20H,3-4,7-8,11H2,1-2H3. The summed E-state index contributed by atoms with van der Waals surface area (Å²) < 4.78 is 11.1. The molecule has 0 atom stereocenters. The molecular weight excluding hydrogens is 336 g/mol. The smallest absolute Gasteiger partial charge is 0.270 e. The van der Waals surface area contributed by atoms with E-state index >= 15 is 0 Å². The molecule has 0 bridgehead atoms. The van der Waals surface area contributed by atoms with Gasteiger partial charge in [0.1, 0.15) is 5.69 Å². The number of benzene rings is 1. The van der Waals surface area contributed by atoms with Crippen LogP contribution in [0.4, 0.5) is 11.5 Å². The number of hydroxylamine groups is 1. The van der Waals surface area contributed by atoms with E-state index in [9.17, 15) is 4.79 Å². The van der Waals surface area contributed by atoms with E-state index in [1.165, 1.54) is 0 Å². The molecule has 0 spiro atoms. The Morgan fingerprint density at radius 2 is 2.04 bits per heavy atom. The molecule has 138 valence electrons. The summed E-state index contributed by atoms with van der Waals surface area (Å²) in [5.41, 5.74) is 4.08. The topological polar surface area (TPSA) is 79.1 Å². The fourth-order valence-corrected chi connectivity index (χ4v) is 3.36. The summed E-state index contributed by atoms with van der Waals surface area (Å²) in [5.74, 6) is 2.68. The van der Waals surface area contributed by atoms with Crippen LogP contribution in [0.15, 0.2) is 24.3 Å². The van der Waals surface area contributed by atoms with Crippen LogP contribution in [0.2, 0.25) is 0 Å². The second kappa shape index (κ2) is 6.80. The van der Waals surface area contributed by atoms with Crippen molar-refractivity contribution < 1.29 is 19.1 Å². The van der Waals surface area contributed by atoms with Crippen LogP contribution in [0.1, 0.15) is 23.3 Å². The van der Waals surface area contributed by atoms with Crippen molar-refractivity contribution >= 4 is 17.4 Å². The molecule has 1 fully saturated rings. The van der Waals surface area contributed by atoms with Crippen LogP contribution < -0.4 is 24.7 Å². The van der Waals surface area contributed by atoms with Gasteiger partial charge in [0.2, 0.25) is 0 Å². The molecule has 8 nitrogen and oxygen atoms in total. The number of carbonyl (C=O) groups is 1. The Bertz CT molecular complexity index is 814. The number of H-pyrrole nitrogens is 1. The average Bonchev–Trinajstić information content (AvgIpc) is 3.38. The Morgan fingerprint density at radius 3 is 2.77 bits per heavy atom. The largest absolute Gasteiger partial charge is 0.493 e. The summed E-state index contributed by atoms with van der Waals surface area (Å²) >= 11 is 0. The molecule has 0 aliphatic carbocycles. The normalized spacial score (nSPS) is 15.8. The molecular formula is C18H22N4O4. The van der Waals surface area contributed by atoms with Gasteiger partial charge in [-0.15, -0.1) is 0 Å². The maximum Gasteiger partial charge on any atom is 0.270 e. The van der Waals surface area contributed by atoms with Crippen molar-refractivity contribution in [3.05, 3.63) is 30.0 Å². The first kappa shape index (κ1) is 16.6. The van der Waals surface area contributed by atoms with Crippen LogP contribution in [0.25, 0.3) is 0 Å². The summed E-state index contributed by atoms with van der Waals surface area (Å²) in [4.78, 5) is 25.0. The van der Waals surface area contributed by atoms with Crippen LogP contribution in [-0.2, 0) is 0 Å². The van der Waals surface area contributed by atoms with Gasteiger partial charge in [-0.1, -0.05) is 0 Å². The minimum atomic E-state index is 0.0239. The van der Waals surface area contributed by atoms with Crippen LogP contribution in [0, 0.1) is 0 Å². The molecule has 1 aromatic carbocycles. The van der Waals surface area contributed by atoms with Gasteiger partial charge >= 0.3 is 0 Å². The molecule has 1 amide bonds. The van der Waals surface area contributed by atoms with Gasteiger partial charge in [0.05, 0.1) is 7.11 Å². The third-order valence-electron chi connectivity index (χ3n) is 4.68. The molecule has 8 heteroatoms. The highest BCUT2D eigenvalue weighted by Crippen LogP contribution is 2.41. The number of carbonyl (C=O) groups excluding carboxylic acids is 1. The molecule has 0 unspecified atom stereocenters. The fraction of sp³-hybridized carbons (Fsp3) is 0.389. The highest BCUT2D eigenvalue weighted by molar-refractivity contribution is 5.95. The van der Waals surface area contributed by atoms with E-state index in [4.69, 9.17) is 14.3 Å². The van der Waals surface area contributed by atoms with E-state index in [0.717, 1.165) is 37.4 Å². The lowest BCUT2D eigenvalue weighted by molar-refractivity contribution is 0.0787. The number of hydrogen-bond donors (Lipinski definition) is 2. The number of nitrogens with zero attached hydrogens (tertiary/aromatic N) is 2. The van der Waals surface area contributed by atoms with Gasteiger partial charge in [0, 0.05) is 38.0 Å². The summed E-state index contributed by atoms with van der Waals surface area (Å²) in [6.45, 7) is 2.00. The van der Waals surface area contributed by atoms with E-state index in [-0.39, 0.29) is 5.91 Å². The summed E-state index contributed by atoms with van der Waals surface area (Å²) in [6, 6.07) is 7.39. The van der Waals surface area contributed by atoms with Crippen molar-refractivity contribution in [3.63, 3.8) is 0 Å². The molecule has 1 aromatic heterocycles. The molecule has 0 saturated carbocycles. The first-order valence-corrected chi connectivity index (χ1v) is 8.65. The number of aromatic amines is 1. The van der Waals surface area contributed by atoms with Gasteiger partial charge < -0.3 is 24.2 Å². The van der Waals surface area contributed by atoms with Crippen LogP contribution in [0.3, 0.4) is 0 Å². The van der Waals surface area contributed by atoms with E-state index in [1.54, 1.807) is 20.2 Å². The molecule has 4 rings (SSSR count). The first-order valence-electron chi connectivity index (χ1n) is 8.65. The molecule has 0 radical (unpaired) electrons. The van der Waals surface area contributed by atoms with Gasteiger partial charge in [-0.25, -0.2) is 0 Å². The second-order valence-corrected chi connectivity index (χ2v) is 6.24. The van der Waals surface area contributed by atoms with E-state index in [2.05, 4.69) is 10.5 Å². The van der Waals surface area contributed by atoms with Gasteiger partial charge in [-0.3, -0.25) is 9.69 Å². The summed E-state index contributed by atoms with van der Waals surface area (Å²) in [5, 5.41) is 0. The van der Waals surface area contributed by atoms with Crippen molar-refractivity contribution in [2.24, 2.45) is 0 Å². The molecule has 3 heterocycles. The quantitative estimate of drug-likeness (QED) is 0.798. The lowest BCUT2D eigenvalue weighted by Gasteiger charge is -2.19. The molecule has 2 aliphatic heterocycles. The Balaban J connectivity index is 1.60. The van der Waals surface area contributed by atoms with Crippen molar-refractivity contribution in [2.75, 3.05) is 38.9 Å². The van der Waals surface area contributed by atoms with Crippen molar-refractivity contribution in [1.82, 2.24) is 15.4 Å². The number of amides is 1. The maximum atomic E-state index is 12.6. The van der Waals surface area contributed by atoms with E-state index in [0.29, 0.717) is 29.7 Å². The SMILES string of the molecule is CNOc1ccc(N2COc3cc(C(=O)N4CCCC4)[nH]c32)cc1OC. The fourth-order valence-electron chi connectivity index (χ4n) is 3.36. The monoisotopic (exact) mass is 358 g/mol. The minimum absolute atomic E-state index is 0.0239. The van der Waals surface area contributed by atoms with E-state index in [1.807, 2.05) is 28.0 Å². The lowest BCUT2D eigenvalue weighted by Crippen LogP contribution is -2.28. The summed E-state index contributed by atoms with van der Waals surface area (Å²) in [6.07, 6.45) is 2.13. The van der Waals surface area contributed by atoms with Crippen molar-refractivity contribution in [1.29, 1.82) is 0 Å². The van der Waals surface area contributed by atoms with Crippen molar-refractivity contribution in [2.45, 2.75) is 12.8 Å². The van der Waals surface area contributed by atoms with Gasteiger partial charge in [0.15, 0.2) is 29.8 Å². The Morgan fingerprint density at radius 1 is 1.23 bits per heavy atom. The Kier molecular flexibility index (Phi) is 4.34. The first-order chi connectivity index (χ1) is 12.7. The molecule has 2 aromatic rings. The third kappa shape index (κ3) is 2.82. The number of nitrogens with one attached hydrogen (secondary N) is 2. The molecule has 26 heavy (non-hydrogen) atoms. The Labute approximate surface area is 151 Å². The summed E-state index contributed by atoms with van der Waals surface area (Å²) in [7, 11) is 3.28. The number of fused-ring (bicyclic) bond motifs is 1. The van der Waals surface area contributed by atoms with E-state index < -0.39 is 0 Å². The Hall–Kier alpha value is -2.87. The number of aromatic nitrogens is 1. The maximum absolute atomic E-state index is 12.6. The minimum Gasteiger partial charge on any atom is -0.493 e. The van der Waals surface area contributed by atoms with Crippen LogP contribution >= 0.6 is 0 Å². The number of methoxy groups -OCH3 is 1. The van der Waals surface area contributed by atoms with Gasteiger partial charge in [0.25, 0.3) is 5.91 Å². The van der Waals surface area contributed by atoms with Gasteiger partial charge in [-0.05, 0) is 25.0 Å². The highest BCUT2D eigenvalue weighted by Gasteiger charge is 2.29. The van der Waals surface area contributed by atoms with Crippen LogP contribution in [0.5, 0.6) is 17.2 Å². The molecule has 2 aliphatic rings. The number of hydrogen-bond acceptors (Lipinski definition) is 6. The zero-order valence-electron chi connectivity index (χ0n) is 14.9. The number of likely N-dealkylation sites (tertiary alicyclic amines) is 1. The van der Waals surface area contributed by atoms with Gasteiger partial charge in [-0.2, -0.15) is 5.48 Å². The predicted octanol–water partition coefficient (Wildman–Crippen LogP) is 2.26. The van der Waals surface area contributed by atoms with Crippen LogP contribution in [-0.4, -0.2) is 49.8 Å². The average molecular weight is 358 g/mol. The number of anilines is 2. The number of ether oxygens (including phenoxy) is 2. The zero-order valence-corrected chi connectivity index (χ0v) is 14.9. The lowest BCUT2D eigenvalue weighted by atomic mass is 10.2. The van der Waals surface area contributed by atoms with Crippen molar-refractivity contribution in [3.8, 4) is 17.2 Å².